The van der Waals surface area contributed by atoms with Crippen molar-refractivity contribution < 1.29 is 17.9 Å². The van der Waals surface area contributed by atoms with Crippen molar-refractivity contribution in [1.82, 2.24) is 0 Å². The molecule has 0 heterocycles. The van der Waals surface area contributed by atoms with E-state index < -0.39 is 16.1 Å². The van der Waals surface area contributed by atoms with Crippen molar-refractivity contribution in [3.63, 3.8) is 0 Å². The highest BCUT2D eigenvalue weighted by Gasteiger charge is 2.20. The van der Waals surface area contributed by atoms with E-state index in [9.17, 15) is 13.2 Å². The maximum Gasteiger partial charge on any atom is 0.265 e. The Balaban J connectivity index is 1.70. The van der Waals surface area contributed by atoms with Crippen molar-refractivity contribution in [1.29, 1.82) is 0 Å². The second-order valence-corrected chi connectivity index (χ2v) is 9.55. The van der Waals surface area contributed by atoms with Crippen LogP contribution in [-0.2, 0) is 14.8 Å². The summed E-state index contributed by atoms with van der Waals surface area (Å²) in [5, 5.41) is 3.58. The van der Waals surface area contributed by atoms with Crippen molar-refractivity contribution in [3.8, 4) is 5.75 Å². The van der Waals surface area contributed by atoms with E-state index in [1.165, 1.54) is 24.3 Å². The van der Waals surface area contributed by atoms with Gasteiger partial charge in [-0.1, -0.05) is 48.3 Å². The van der Waals surface area contributed by atoms with Crippen LogP contribution in [0.5, 0.6) is 5.75 Å². The van der Waals surface area contributed by atoms with E-state index in [4.69, 9.17) is 27.9 Å². The zero-order chi connectivity index (χ0) is 23.3. The van der Waals surface area contributed by atoms with Gasteiger partial charge < -0.3 is 10.1 Å². The maximum absolute atomic E-state index is 12.7. The van der Waals surface area contributed by atoms with Crippen LogP contribution in [0.1, 0.15) is 18.9 Å². The monoisotopic (exact) mass is 492 g/mol. The maximum atomic E-state index is 12.7. The van der Waals surface area contributed by atoms with Crippen LogP contribution in [0.4, 0.5) is 11.4 Å². The molecule has 0 radical (unpaired) electrons. The van der Waals surface area contributed by atoms with Gasteiger partial charge >= 0.3 is 0 Å². The largest absolute Gasteiger partial charge is 0.479 e. The molecule has 1 atom stereocenters. The topological polar surface area (TPSA) is 84.5 Å². The number of hydrogen-bond donors (Lipinski definition) is 2. The van der Waals surface area contributed by atoms with Crippen LogP contribution in [0.2, 0.25) is 10.0 Å². The lowest BCUT2D eigenvalue weighted by atomic mass is 10.2. The number of ether oxygens (including phenoxy) is 1. The van der Waals surface area contributed by atoms with Crippen LogP contribution < -0.4 is 14.8 Å². The molecule has 0 aliphatic rings. The molecule has 168 valence electrons. The Labute approximate surface area is 197 Å². The first-order valence-corrected chi connectivity index (χ1v) is 12.0. The molecular formula is C23H22Cl2N2O4S. The molecule has 3 rings (SSSR count). The second-order valence-electron chi connectivity index (χ2n) is 7.02. The zero-order valence-electron chi connectivity index (χ0n) is 17.4. The Morgan fingerprint density at radius 2 is 1.72 bits per heavy atom. The summed E-state index contributed by atoms with van der Waals surface area (Å²) in [5.41, 5.74) is 1.58. The van der Waals surface area contributed by atoms with Crippen LogP contribution in [0.3, 0.4) is 0 Å². The molecule has 6 nitrogen and oxygen atoms in total. The number of anilines is 2. The number of amides is 1. The Morgan fingerprint density at radius 1 is 1.03 bits per heavy atom. The molecule has 9 heteroatoms. The second kappa shape index (κ2) is 10.3. The molecule has 0 aliphatic heterocycles. The van der Waals surface area contributed by atoms with E-state index >= 15 is 0 Å². The van der Waals surface area contributed by atoms with Gasteiger partial charge in [0, 0.05) is 10.7 Å². The molecular weight excluding hydrogens is 471 g/mol. The molecule has 3 aromatic rings. The molecule has 0 saturated carbocycles. The molecule has 32 heavy (non-hydrogen) atoms. The fourth-order valence-electron chi connectivity index (χ4n) is 2.86. The summed E-state index contributed by atoms with van der Waals surface area (Å²) < 4.78 is 33.7. The van der Waals surface area contributed by atoms with Gasteiger partial charge in [-0.25, -0.2) is 8.42 Å². The lowest BCUT2D eigenvalue weighted by molar-refractivity contribution is -0.122. The van der Waals surface area contributed by atoms with Gasteiger partial charge in [0.1, 0.15) is 5.75 Å². The predicted octanol–water partition coefficient (Wildman–Crippen LogP) is 5.90. The van der Waals surface area contributed by atoms with Crippen molar-refractivity contribution in [2.45, 2.75) is 31.3 Å². The highest BCUT2D eigenvalue weighted by molar-refractivity contribution is 7.92. The third-order valence-corrected chi connectivity index (χ3v) is 6.57. The standard InChI is InChI=1S/C23H22Cl2N2O4S/c1-3-21(31-22-7-5-4-6-19(22)25)23(28)26-17-10-12-18(13-11-17)32(29,30)27-20-14-16(24)9-8-15(20)2/h4-14,21,27H,3H2,1-2H3,(H,26,28). The average molecular weight is 493 g/mol. The molecule has 0 bridgehead atoms. The quantitative estimate of drug-likeness (QED) is 0.409. The normalized spacial score (nSPS) is 12.1. The van der Waals surface area contributed by atoms with Crippen molar-refractivity contribution in [2.24, 2.45) is 0 Å². The number of rotatable bonds is 8. The van der Waals surface area contributed by atoms with Gasteiger partial charge in [0.25, 0.3) is 15.9 Å². The van der Waals surface area contributed by atoms with Crippen LogP contribution in [0.25, 0.3) is 0 Å². The summed E-state index contributed by atoms with van der Waals surface area (Å²) in [4.78, 5) is 12.7. The molecule has 1 amide bonds. The molecule has 3 aromatic carbocycles. The summed E-state index contributed by atoms with van der Waals surface area (Å²) in [6.45, 7) is 3.60. The minimum atomic E-state index is -3.82. The van der Waals surface area contributed by atoms with E-state index in [1.807, 2.05) is 6.92 Å². The van der Waals surface area contributed by atoms with Crippen molar-refractivity contribution in [3.05, 3.63) is 82.3 Å². The molecule has 0 spiro atoms. The number of carbonyl (C=O) groups excluding carboxylic acids is 1. The fraction of sp³-hybridized carbons (Fsp3) is 0.174. The lowest BCUT2D eigenvalue weighted by Gasteiger charge is -2.18. The predicted molar refractivity (Wildman–Crippen MR) is 128 cm³/mol. The average Bonchev–Trinajstić information content (AvgIpc) is 2.76. The number of hydrogen-bond acceptors (Lipinski definition) is 4. The fourth-order valence-corrected chi connectivity index (χ4v) is 4.34. The first-order valence-electron chi connectivity index (χ1n) is 9.80. The molecule has 0 fully saturated rings. The van der Waals surface area contributed by atoms with Crippen LogP contribution in [0, 0.1) is 6.92 Å². The Hall–Kier alpha value is -2.74. The summed E-state index contributed by atoms with van der Waals surface area (Å²) >= 11 is 12.1. The summed E-state index contributed by atoms with van der Waals surface area (Å²) in [6, 6.07) is 17.7. The minimum absolute atomic E-state index is 0.0502. The van der Waals surface area contributed by atoms with E-state index in [0.29, 0.717) is 33.6 Å². The van der Waals surface area contributed by atoms with E-state index in [-0.39, 0.29) is 10.8 Å². The van der Waals surface area contributed by atoms with Gasteiger partial charge in [0.15, 0.2) is 6.10 Å². The molecule has 0 saturated heterocycles. The van der Waals surface area contributed by atoms with Crippen molar-refractivity contribution >= 4 is 50.5 Å². The van der Waals surface area contributed by atoms with Gasteiger partial charge in [-0.05, 0) is 67.4 Å². The number of aryl methyl sites for hydroxylation is 1. The van der Waals surface area contributed by atoms with Crippen LogP contribution in [0.15, 0.2) is 71.6 Å². The molecule has 0 aromatic heterocycles. The highest BCUT2D eigenvalue weighted by atomic mass is 35.5. The SMILES string of the molecule is CCC(Oc1ccccc1Cl)C(=O)Nc1ccc(S(=O)(=O)Nc2cc(Cl)ccc2C)cc1. The first-order chi connectivity index (χ1) is 15.2. The third-order valence-electron chi connectivity index (χ3n) is 4.65. The van der Waals surface area contributed by atoms with Crippen molar-refractivity contribution in [2.75, 3.05) is 10.0 Å². The zero-order valence-corrected chi connectivity index (χ0v) is 19.8. The summed E-state index contributed by atoms with van der Waals surface area (Å²) in [7, 11) is -3.82. The molecule has 2 N–H and O–H groups in total. The summed E-state index contributed by atoms with van der Waals surface area (Å²) in [6.07, 6.45) is -0.335. The van der Waals surface area contributed by atoms with E-state index in [0.717, 1.165) is 5.56 Å². The van der Waals surface area contributed by atoms with Gasteiger partial charge in [-0.15, -0.1) is 0 Å². The van der Waals surface area contributed by atoms with Crippen LogP contribution >= 0.6 is 23.2 Å². The lowest BCUT2D eigenvalue weighted by Crippen LogP contribution is -2.32. The first kappa shape index (κ1) is 23.9. The van der Waals surface area contributed by atoms with Gasteiger partial charge in [-0.2, -0.15) is 0 Å². The number of para-hydroxylation sites is 1. The van der Waals surface area contributed by atoms with Gasteiger partial charge in [-0.3, -0.25) is 9.52 Å². The van der Waals surface area contributed by atoms with Crippen LogP contribution in [-0.4, -0.2) is 20.4 Å². The Kier molecular flexibility index (Phi) is 7.66. The van der Waals surface area contributed by atoms with Gasteiger partial charge in [0.05, 0.1) is 15.6 Å². The minimum Gasteiger partial charge on any atom is -0.479 e. The number of carbonyl (C=O) groups is 1. The number of sulfonamides is 1. The third kappa shape index (κ3) is 5.94. The number of nitrogens with one attached hydrogen (secondary N) is 2. The Bertz CT molecular complexity index is 1210. The van der Waals surface area contributed by atoms with Gasteiger partial charge in [0.2, 0.25) is 0 Å². The Morgan fingerprint density at radius 3 is 2.38 bits per heavy atom. The number of halogens is 2. The summed E-state index contributed by atoms with van der Waals surface area (Å²) in [5.74, 6) is 0.0516. The van der Waals surface area contributed by atoms with E-state index in [2.05, 4.69) is 10.0 Å². The van der Waals surface area contributed by atoms with E-state index in [1.54, 1.807) is 49.4 Å². The smallest absolute Gasteiger partial charge is 0.265 e. The number of benzene rings is 3. The molecule has 0 aliphatic carbocycles. The highest BCUT2D eigenvalue weighted by Crippen LogP contribution is 2.26. The molecule has 1 unspecified atom stereocenters.